The lowest BCUT2D eigenvalue weighted by Crippen LogP contribution is -2.42. The Morgan fingerprint density at radius 1 is 0.895 bits per heavy atom. The van der Waals surface area contributed by atoms with Gasteiger partial charge in [0, 0.05) is 19.8 Å². The molecule has 0 aliphatic heterocycles. The molecule has 0 saturated heterocycles. The lowest BCUT2D eigenvalue weighted by atomic mass is 10.0. The van der Waals surface area contributed by atoms with Crippen LogP contribution in [0.15, 0.2) is 0 Å². The number of rotatable bonds is 6. The molecular formula is C15H35AlO2Si. The molecular weight excluding hydrogens is 267 g/mol. The van der Waals surface area contributed by atoms with E-state index in [-0.39, 0.29) is 14.1 Å². The molecule has 0 spiro atoms. The van der Waals surface area contributed by atoms with Gasteiger partial charge in [-0.05, 0) is 19.4 Å². The molecule has 0 aromatic heterocycles. The molecule has 1 rings (SSSR count). The third-order valence-corrected chi connectivity index (χ3v) is 12.0. The summed E-state index contributed by atoms with van der Waals surface area (Å²) in [5, 5.41) is 4.48. The summed E-state index contributed by atoms with van der Waals surface area (Å²) in [6, 6.07) is 0. The van der Waals surface area contributed by atoms with Gasteiger partial charge in [0.15, 0.2) is 0 Å². The molecule has 0 bridgehead atoms. The second-order valence-electron chi connectivity index (χ2n) is 5.85. The fourth-order valence-corrected chi connectivity index (χ4v) is 6.93. The van der Waals surface area contributed by atoms with Gasteiger partial charge in [0.1, 0.15) is 0 Å². The van der Waals surface area contributed by atoms with Gasteiger partial charge in [0.2, 0.25) is 0 Å². The average molecular weight is 303 g/mol. The summed E-state index contributed by atoms with van der Waals surface area (Å²) in [6.45, 7) is 9.15. The van der Waals surface area contributed by atoms with E-state index in [0.717, 1.165) is 5.54 Å². The van der Waals surface area contributed by atoms with Gasteiger partial charge in [0.05, 0.1) is 0 Å². The van der Waals surface area contributed by atoms with E-state index in [1.807, 2.05) is 0 Å². The second kappa shape index (κ2) is 11.3. The molecule has 0 heterocycles. The van der Waals surface area contributed by atoms with Gasteiger partial charge in [0.25, 0.3) is 14.1 Å². The van der Waals surface area contributed by atoms with Crippen LogP contribution in [0, 0.1) is 0 Å². The zero-order valence-corrected chi connectivity index (χ0v) is 16.3. The lowest BCUT2D eigenvalue weighted by molar-refractivity contribution is 0.224. The van der Waals surface area contributed by atoms with Crippen molar-refractivity contribution in [2.45, 2.75) is 80.8 Å². The predicted molar refractivity (Wildman–Crippen MR) is 89.7 cm³/mol. The zero-order valence-electron chi connectivity index (χ0n) is 14.1. The van der Waals surface area contributed by atoms with E-state index in [2.05, 4.69) is 27.3 Å². The summed E-state index contributed by atoms with van der Waals surface area (Å²) in [4.78, 5) is 0. The van der Waals surface area contributed by atoms with Gasteiger partial charge in [-0.2, -0.15) is 0 Å². The molecule has 0 atom stereocenters. The minimum Gasteiger partial charge on any atom is -0.398 e. The molecule has 0 N–H and O–H groups in total. The van der Waals surface area contributed by atoms with Gasteiger partial charge in [-0.15, -0.1) is 0 Å². The van der Waals surface area contributed by atoms with Gasteiger partial charge >= 0.3 is 8.56 Å². The van der Waals surface area contributed by atoms with Crippen molar-refractivity contribution in [2.24, 2.45) is 0 Å². The van der Waals surface area contributed by atoms with E-state index < -0.39 is 8.56 Å². The molecule has 4 heteroatoms. The Kier molecular flexibility index (Phi) is 11.7. The quantitative estimate of drug-likeness (QED) is 0.626. The summed E-state index contributed by atoms with van der Waals surface area (Å²) in [5.74, 6) is 0. The average Bonchev–Trinajstić information content (AvgIpc) is 2.50. The molecule has 19 heavy (non-hydrogen) atoms. The van der Waals surface area contributed by atoms with Crippen molar-refractivity contribution in [1.29, 1.82) is 0 Å². The van der Waals surface area contributed by atoms with Gasteiger partial charge in [-0.1, -0.05) is 55.9 Å². The molecule has 0 aromatic rings. The summed E-state index contributed by atoms with van der Waals surface area (Å²) < 4.78 is 11.1. The third kappa shape index (κ3) is 7.29. The first kappa shape index (κ1) is 19.7. The summed E-state index contributed by atoms with van der Waals surface area (Å²) in [7, 11) is 1.80. The molecule has 1 fully saturated rings. The van der Waals surface area contributed by atoms with Crippen molar-refractivity contribution in [3.05, 3.63) is 0 Å². The van der Waals surface area contributed by atoms with E-state index in [1.165, 1.54) is 48.0 Å². The maximum atomic E-state index is 5.54. The minimum atomic E-state index is -1.80. The van der Waals surface area contributed by atoms with E-state index in [1.54, 1.807) is 14.2 Å². The van der Waals surface area contributed by atoms with Crippen molar-refractivity contribution in [2.75, 3.05) is 14.2 Å². The molecule has 2 nitrogen and oxygen atoms in total. The van der Waals surface area contributed by atoms with Crippen LogP contribution in [-0.4, -0.2) is 36.9 Å². The largest absolute Gasteiger partial charge is 0.398 e. The van der Waals surface area contributed by atoms with E-state index >= 15 is 0 Å². The Bertz CT molecular complexity index is 195. The summed E-state index contributed by atoms with van der Waals surface area (Å²) in [6.07, 6.45) is 6.74. The first-order chi connectivity index (χ1) is 9.07. The zero-order chi connectivity index (χ0) is 14.7. The van der Waals surface area contributed by atoms with Crippen molar-refractivity contribution in [1.82, 2.24) is 0 Å². The van der Waals surface area contributed by atoms with Crippen LogP contribution in [0.5, 0.6) is 0 Å². The van der Waals surface area contributed by atoms with Gasteiger partial charge in [-0.25, -0.2) is 0 Å². The Morgan fingerprint density at radius 2 is 1.32 bits per heavy atom. The Morgan fingerprint density at radius 3 is 1.58 bits per heavy atom. The fourth-order valence-electron chi connectivity index (χ4n) is 2.91. The molecule has 0 unspecified atom stereocenters. The first-order valence-corrected chi connectivity index (χ1v) is 13.0. The minimum absolute atomic E-state index is 0.171. The van der Waals surface area contributed by atoms with Gasteiger partial charge < -0.3 is 8.85 Å². The number of hydrogen-bond donors (Lipinski definition) is 0. The van der Waals surface area contributed by atoms with E-state index in [0.29, 0.717) is 0 Å². The normalized spacial score (nSPS) is 16.7. The van der Waals surface area contributed by atoms with E-state index in [9.17, 15) is 0 Å². The highest BCUT2D eigenvalue weighted by atomic mass is 28.4. The number of hydrogen-bond acceptors (Lipinski definition) is 2. The van der Waals surface area contributed by atoms with Crippen LogP contribution < -0.4 is 0 Å². The molecule has 0 radical (unpaired) electrons. The SMILES string of the molecule is CO[Si](C)(OC)C1CCCCC1.C[CH2][Al]([CH2]C)[CH2]C. The summed E-state index contributed by atoms with van der Waals surface area (Å²) in [5.41, 5.74) is 0.723. The second-order valence-corrected chi connectivity index (χ2v) is 13.7. The highest BCUT2D eigenvalue weighted by Crippen LogP contribution is 2.37. The monoisotopic (exact) mass is 302 g/mol. The van der Waals surface area contributed by atoms with Crippen LogP contribution in [0.25, 0.3) is 0 Å². The van der Waals surface area contributed by atoms with Crippen molar-refractivity contribution < 1.29 is 8.85 Å². The fraction of sp³-hybridized carbons (Fsp3) is 1.00. The standard InChI is InChI=1S/C9H20O2Si.3C2H5.Al/c1-10-12(3,11-2)9-7-5-4-6-8-9;3*1-2;/h9H,4-8H2,1-3H3;3*1H2,2H3;. The van der Waals surface area contributed by atoms with Crippen molar-refractivity contribution in [3.8, 4) is 0 Å². The highest BCUT2D eigenvalue weighted by Gasteiger charge is 2.39. The Hall–Kier alpha value is 0.669. The van der Waals surface area contributed by atoms with Gasteiger partial charge in [-0.3, -0.25) is 0 Å². The topological polar surface area (TPSA) is 18.5 Å². The van der Waals surface area contributed by atoms with Crippen LogP contribution in [0.2, 0.25) is 27.9 Å². The van der Waals surface area contributed by atoms with Crippen molar-refractivity contribution >= 4 is 22.7 Å². The molecule has 1 saturated carbocycles. The van der Waals surface area contributed by atoms with Crippen LogP contribution >= 0.6 is 0 Å². The summed E-state index contributed by atoms with van der Waals surface area (Å²) >= 11 is -0.171. The van der Waals surface area contributed by atoms with Crippen LogP contribution in [0.3, 0.4) is 0 Å². The van der Waals surface area contributed by atoms with Crippen molar-refractivity contribution in [3.63, 3.8) is 0 Å². The van der Waals surface area contributed by atoms with Crippen LogP contribution in [0.4, 0.5) is 0 Å². The Labute approximate surface area is 126 Å². The predicted octanol–water partition coefficient (Wildman–Crippen LogP) is 5.23. The van der Waals surface area contributed by atoms with Crippen LogP contribution in [-0.2, 0) is 8.85 Å². The maximum Gasteiger partial charge on any atom is 0.337 e. The molecule has 1 aliphatic carbocycles. The first-order valence-electron chi connectivity index (χ1n) is 8.18. The van der Waals surface area contributed by atoms with E-state index in [4.69, 9.17) is 8.85 Å². The Balaban J connectivity index is 0.000000399. The molecule has 114 valence electrons. The molecule has 1 aliphatic rings. The maximum absolute atomic E-state index is 5.54. The highest BCUT2D eigenvalue weighted by molar-refractivity contribution is 6.67. The molecule has 0 amide bonds. The smallest absolute Gasteiger partial charge is 0.337 e. The lowest BCUT2D eigenvalue weighted by Gasteiger charge is -2.34. The molecule has 0 aromatic carbocycles. The third-order valence-electron chi connectivity index (χ3n) is 4.89. The van der Waals surface area contributed by atoms with Crippen LogP contribution in [0.1, 0.15) is 52.9 Å².